The van der Waals surface area contributed by atoms with Crippen LogP contribution in [-0.4, -0.2) is 64.3 Å². The molecule has 0 aliphatic carbocycles. The Balaban J connectivity index is 1.51. The lowest BCUT2D eigenvalue weighted by atomic mass is 9.98. The Bertz CT molecular complexity index is 959. The molecule has 1 atom stereocenters. The zero-order valence-corrected chi connectivity index (χ0v) is 19.8. The topological polar surface area (TPSA) is 45.2 Å². The SMILES string of the molecule is CCCCOc1ccc2c(c1)CCN(c1ccc(N3CC[C@@H](N(C)C)C3)c(OC)c1)C2=O. The molecular weight excluding hydrogens is 402 g/mol. The van der Waals surface area contributed by atoms with E-state index in [0.29, 0.717) is 19.2 Å². The first-order valence-electron chi connectivity index (χ1n) is 11.7. The standard InChI is InChI=1S/C26H35N3O3/c1-5-6-15-32-22-8-9-23-19(16-22)11-14-29(26(23)30)20-7-10-24(25(17-20)31-4)28-13-12-21(18-28)27(2)3/h7-10,16-17,21H,5-6,11-15,18H2,1-4H3/t21-/m1/s1. The van der Waals surface area contributed by atoms with Gasteiger partial charge in [0.25, 0.3) is 5.91 Å². The Morgan fingerprint density at radius 1 is 1.12 bits per heavy atom. The molecule has 0 bridgehead atoms. The van der Waals surface area contributed by atoms with Gasteiger partial charge in [-0.05, 0) is 69.3 Å². The minimum absolute atomic E-state index is 0.0370. The van der Waals surface area contributed by atoms with Crippen LogP contribution in [0.25, 0.3) is 0 Å². The molecule has 172 valence electrons. The number of carbonyl (C=O) groups excluding carboxylic acids is 1. The van der Waals surface area contributed by atoms with Gasteiger partial charge in [-0.2, -0.15) is 0 Å². The highest BCUT2D eigenvalue weighted by atomic mass is 16.5. The smallest absolute Gasteiger partial charge is 0.258 e. The second kappa shape index (κ2) is 9.82. The summed E-state index contributed by atoms with van der Waals surface area (Å²) in [6.07, 6.45) is 4.10. The molecule has 0 saturated carbocycles. The molecule has 2 aromatic rings. The van der Waals surface area contributed by atoms with Crippen LogP contribution in [0.4, 0.5) is 11.4 Å². The molecule has 0 spiro atoms. The molecule has 2 heterocycles. The zero-order chi connectivity index (χ0) is 22.7. The average molecular weight is 438 g/mol. The molecule has 0 unspecified atom stereocenters. The van der Waals surface area contributed by atoms with Gasteiger partial charge in [0, 0.05) is 43.0 Å². The zero-order valence-electron chi connectivity index (χ0n) is 19.8. The lowest BCUT2D eigenvalue weighted by Gasteiger charge is -2.30. The molecule has 32 heavy (non-hydrogen) atoms. The average Bonchev–Trinajstić information content (AvgIpc) is 3.30. The van der Waals surface area contributed by atoms with Crippen LogP contribution in [0.3, 0.4) is 0 Å². The molecule has 0 aromatic heterocycles. The summed E-state index contributed by atoms with van der Waals surface area (Å²) in [4.78, 5) is 19.8. The summed E-state index contributed by atoms with van der Waals surface area (Å²) in [7, 11) is 5.97. The van der Waals surface area contributed by atoms with Crippen LogP contribution >= 0.6 is 0 Å². The van der Waals surface area contributed by atoms with Crippen molar-refractivity contribution < 1.29 is 14.3 Å². The second-order valence-corrected chi connectivity index (χ2v) is 8.94. The summed E-state index contributed by atoms with van der Waals surface area (Å²) < 4.78 is 11.6. The van der Waals surface area contributed by atoms with E-state index in [0.717, 1.165) is 72.8 Å². The van der Waals surface area contributed by atoms with E-state index in [1.165, 1.54) is 0 Å². The molecule has 0 N–H and O–H groups in total. The summed E-state index contributed by atoms with van der Waals surface area (Å²) in [5.74, 6) is 1.71. The molecule has 2 aliphatic rings. The quantitative estimate of drug-likeness (QED) is 0.579. The van der Waals surface area contributed by atoms with Crippen molar-refractivity contribution in [3.63, 3.8) is 0 Å². The summed E-state index contributed by atoms with van der Waals surface area (Å²) >= 11 is 0. The fourth-order valence-corrected chi connectivity index (χ4v) is 4.61. The predicted molar refractivity (Wildman–Crippen MR) is 130 cm³/mol. The lowest BCUT2D eigenvalue weighted by molar-refractivity contribution is 0.0980. The summed E-state index contributed by atoms with van der Waals surface area (Å²) in [5, 5.41) is 0. The van der Waals surface area contributed by atoms with Gasteiger partial charge in [-0.1, -0.05) is 13.3 Å². The van der Waals surface area contributed by atoms with Crippen molar-refractivity contribution in [2.24, 2.45) is 0 Å². The van der Waals surface area contributed by atoms with E-state index < -0.39 is 0 Å². The van der Waals surface area contributed by atoms with Gasteiger partial charge in [-0.25, -0.2) is 0 Å². The van der Waals surface area contributed by atoms with E-state index in [2.05, 4.69) is 36.9 Å². The van der Waals surface area contributed by atoms with Gasteiger partial charge in [0.15, 0.2) is 0 Å². The number of unbranched alkanes of at least 4 members (excludes halogenated alkanes) is 1. The third-order valence-corrected chi connectivity index (χ3v) is 6.63. The highest BCUT2D eigenvalue weighted by Crippen LogP contribution is 2.36. The third-order valence-electron chi connectivity index (χ3n) is 6.63. The van der Waals surface area contributed by atoms with Crippen molar-refractivity contribution in [2.75, 3.05) is 57.2 Å². The number of rotatable bonds is 8. The number of hydrogen-bond acceptors (Lipinski definition) is 5. The minimum Gasteiger partial charge on any atom is -0.495 e. The van der Waals surface area contributed by atoms with Gasteiger partial charge in [0.1, 0.15) is 11.5 Å². The number of fused-ring (bicyclic) bond motifs is 1. The van der Waals surface area contributed by atoms with E-state index >= 15 is 0 Å². The van der Waals surface area contributed by atoms with Gasteiger partial charge >= 0.3 is 0 Å². The van der Waals surface area contributed by atoms with E-state index in [9.17, 15) is 4.79 Å². The van der Waals surface area contributed by atoms with Gasteiger partial charge in [0.05, 0.1) is 19.4 Å². The van der Waals surface area contributed by atoms with Crippen LogP contribution in [0.1, 0.15) is 42.1 Å². The van der Waals surface area contributed by atoms with Crippen LogP contribution < -0.4 is 19.3 Å². The number of ether oxygens (including phenoxy) is 2. The molecule has 2 aromatic carbocycles. The third kappa shape index (κ3) is 4.56. The maximum Gasteiger partial charge on any atom is 0.258 e. The van der Waals surface area contributed by atoms with Crippen LogP contribution in [0.15, 0.2) is 36.4 Å². The fourth-order valence-electron chi connectivity index (χ4n) is 4.61. The number of anilines is 2. The minimum atomic E-state index is 0.0370. The van der Waals surface area contributed by atoms with Crippen molar-refractivity contribution in [3.8, 4) is 11.5 Å². The van der Waals surface area contributed by atoms with Crippen LogP contribution in [0, 0.1) is 0 Å². The molecule has 4 rings (SSSR count). The van der Waals surface area contributed by atoms with Crippen LogP contribution in [0.5, 0.6) is 11.5 Å². The Kier molecular flexibility index (Phi) is 6.89. The highest BCUT2D eigenvalue weighted by Gasteiger charge is 2.29. The van der Waals surface area contributed by atoms with Crippen molar-refractivity contribution in [3.05, 3.63) is 47.5 Å². The van der Waals surface area contributed by atoms with E-state index in [-0.39, 0.29) is 5.91 Å². The molecule has 1 fully saturated rings. The second-order valence-electron chi connectivity index (χ2n) is 8.94. The van der Waals surface area contributed by atoms with Crippen molar-refractivity contribution >= 4 is 17.3 Å². The molecule has 1 saturated heterocycles. The number of carbonyl (C=O) groups is 1. The fraction of sp³-hybridized carbons (Fsp3) is 0.500. The monoisotopic (exact) mass is 437 g/mol. The highest BCUT2D eigenvalue weighted by molar-refractivity contribution is 6.08. The van der Waals surface area contributed by atoms with Gasteiger partial charge in [-0.15, -0.1) is 0 Å². The van der Waals surface area contributed by atoms with E-state index in [4.69, 9.17) is 9.47 Å². The summed E-state index contributed by atoms with van der Waals surface area (Å²) in [6, 6.07) is 12.5. The van der Waals surface area contributed by atoms with E-state index in [1.807, 2.05) is 35.2 Å². The molecule has 6 heteroatoms. The molecule has 0 radical (unpaired) electrons. The number of benzene rings is 2. The number of methoxy groups -OCH3 is 1. The van der Waals surface area contributed by atoms with Crippen molar-refractivity contribution in [1.82, 2.24) is 4.90 Å². The molecule has 6 nitrogen and oxygen atoms in total. The number of nitrogens with zero attached hydrogens (tertiary/aromatic N) is 3. The van der Waals surface area contributed by atoms with Crippen LogP contribution in [0.2, 0.25) is 0 Å². The Morgan fingerprint density at radius 3 is 2.69 bits per heavy atom. The maximum atomic E-state index is 13.3. The number of hydrogen-bond donors (Lipinski definition) is 0. The maximum absolute atomic E-state index is 13.3. The van der Waals surface area contributed by atoms with Crippen LogP contribution in [-0.2, 0) is 6.42 Å². The predicted octanol–water partition coefficient (Wildman–Crippen LogP) is 4.22. The normalized spacial score (nSPS) is 18.3. The van der Waals surface area contributed by atoms with E-state index in [1.54, 1.807) is 7.11 Å². The summed E-state index contributed by atoms with van der Waals surface area (Å²) in [6.45, 7) is 5.52. The van der Waals surface area contributed by atoms with Gasteiger partial charge < -0.3 is 24.2 Å². The van der Waals surface area contributed by atoms with Crippen molar-refractivity contribution in [1.29, 1.82) is 0 Å². The van der Waals surface area contributed by atoms with Crippen molar-refractivity contribution in [2.45, 2.75) is 38.6 Å². The Morgan fingerprint density at radius 2 is 1.97 bits per heavy atom. The molecular formula is C26H35N3O3. The molecule has 1 amide bonds. The van der Waals surface area contributed by atoms with Gasteiger partial charge in [0.2, 0.25) is 0 Å². The van der Waals surface area contributed by atoms with Gasteiger partial charge in [-0.3, -0.25) is 4.79 Å². The Labute approximate surface area is 191 Å². The summed E-state index contributed by atoms with van der Waals surface area (Å²) in [5.41, 5.74) is 3.80. The first-order chi connectivity index (χ1) is 15.5. The first kappa shape index (κ1) is 22.5. The Hall–Kier alpha value is -2.73. The first-order valence-corrected chi connectivity index (χ1v) is 11.7. The molecule has 2 aliphatic heterocycles. The largest absolute Gasteiger partial charge is 0.495 e. The number of amides is 1. The lowest BCUT2D eigenvalue weighted by Crippen LogP contribution is -2.37. The number of likely N-dealkylation sites (N-methyl/N-ethyl adjacent to an activating group) is 1.